The zero-order valence-corrected chi connectivity index (χ0v) is 8.27. The maximum Gasteiger partial charge on any atom is 0.153 e. The summed E-state index contributed by atoms with van der Waals surface area (Å²) in [5.41, 5.74) is 6.91. The normalized spacial score (nSPS) is 12.7. The Labute approximate surface area is 86.7 Å². The maximum absolute atomic E-state index is 12.9. The second-order valence-corrected chi connectivity index (χ2v) is 3.41. The van der Waals surface area contributed by atoms with Crippen LogP contribution in [0.2, 0.25) is 0 Å². The van der Waals surface area contributed by atoms with Crippen molar-refractivity contribution in [3.63, 3.8) is 0 Å². The summed E-state index contributed by atoms with van der Waals surface area (Å²) in [4.78, 5) is 0. The lowest BCUT2D eigenvalue weighted by atomic mass is 10.1. The van der Waals surface area contributed by atoms with Gasteiger partial charge in [0.1, 0.15) is 11.5 Å². The summed E-state index contributed by atoms with van der Waals surface area (Å²) in [5, 5.41) is 3.83. The molecule has 0 saturated carbocycles. The van der Waals surface area contributed by atoms with E-state index in [1.165, 1.54) is 12.1 Å². The summed E-state index contributed by atoms with van der Waals surface area (Å²) in [6.45, 7) is 1.80. The van der Waals surface area contributed by atoms with E-state index in [-0.39, 0.29) is 11.9 Å². The monoisotopic (exact) mass is 206 g/mol. The molecule has 2 aromatic rings. The van der Waals surface area contributed by atoms with E-state index in [0.29, 0.717) is 17.0 Å². The van der Waals surface area contributed by atoms with Crippen LogP contribution in [0.4, 0.5) is 4.39 Å². The Balaban J connectivity index is 2.37. The second-order valence-electron chi connectivity index (χ2n) is 3.41. The van der Waals surface area contributed by atoms with Crippen LogP contribution in [0.15, 0.2) is 34.9 Å². The zero-order valence-electron chi connectivity index (χ0n) is 8.27. The van der Waals surface area contributed by atoms with Crippen molar-refractivity contribution in [1.82, 2.24) is 5.16 Å². The minimum Gasteiger partial charge on any atom is -0.359 e. The van der Waals surface area contributed by atoms with Crippen LogP contribution in [0.1, 0.15) is 18.7 Å². The van der Waals surface area contributed by atoms with Gasteiger partial charge in [-0.25, -0.2) is 4.39 Å². The smallest absolute Gasteiger partial charge is 0.153 e. The second kappa shape index (κ2) is 3.82. The molecular formula is C11H11FN2O. The number of hydrogen-bond acceptors (Lipinski definition) is 3. The van der Waals surface area contributed by atoms with Gasteiger partial charge >= 0.3 is 0 Å². The number of nitrogens with zero attached hydrogens (tertiary/aromatic N) is 1. The summed E-state index contributed by atoms with van der Waals surface area (Å²) in [6.07, 6.45) is 0. The predicted octanol–water partition coefficient (Wildman–Crippen LogP) is 2.50. The Morgan fingerprint density at radius 1 is 1.40 bits per heavy atom. The number of rotatable bonds is 2. The quantitative estimate of drug-likeness (QED) is 0.821. The predicted molar refractivity (Wildman–Crippen MR) is 54.5 cm³/mol. The molecule has 1 unspecified atom stereocenters. The van der Waals surface area contributed by atoms with Crippen LogP contribution in [0.25, 0.3) is 11.3 Å². The molecule has 1 aromatic carbocycles. The van der Waals surface area contributed by atoms with E-state index >= 15 is 0 Å². The first-order valence-electron chi connectivity index (χ1n) is 4.65. The molecule has 2 N–H and O–H groups in total. The van der Waals surface area contributed by atoms with Gasteiger partial charge in [-0.3, -0.25) is 0 Å². The molecule has 2 rings (SSSR count). The SMILES string of the molecule is CC(N)c1cc(-c2cccc(F)c2)no1. The van der Waals surface area contributed by atoms with Gasteiger partial charge in [-0.2, -0.15) is 0 Å². The number of hydrogen-bond donors (Lipinski definition) is 1. The Hall–Kier alpha value is -1.68. The van der Waals surface area contributed by atoms with Crippen molar-refractivity contribution in [2.45, 2.75) is 13.0 Å². The molecule has 0 bridgehead atoms. The van der Waals surface area contributed by atoms with E-state index in [2.05, 4.69) is 5.16 Å². The fourth-order valence-electron chi connectivity index (χ4n) is 1.29. The summed E-state index contributed by atoms with van der Waals surface area (Å²) in [5.74, 6) is 0.298. The van der Waals surface area contributed by atoms with Crippen molar-refractivity contribution < 1.29 is 8.91 Å². The fourth-order valence-corrected chi connectivity index (χ4v) is 1.29. The first-order chi connectivity index (χ1) is 7.16. The molecule has 1 heterocycles. The van der Waals surface area contributed by atoms with Gasteiger partial charge in [0, 0.05) is 11.6 Å². The lowest BCUT2D eigenvalue weighted by molar-refractivity contribution is 0.369. The van der Waals surface area contributed by atoms with Crippen LogP contribution in [-0.2, 0) is 0 Å². The number of benzene rings is 1. The molecule has 0 aliphatic carbocycles. The van der Waals surface area contributed by atoms with Crippen LogP contribution < -0.4 is 5.73 Å². The Morgan fingerprint density at radius 2 is 2.20 bits per heavy atom. The third-order valence-corrected chi connectivity index (χ3v) is 2.10. The van der Waals surface area contributed by atoms with Crippen LogP contribution in [-0.4, -0.2) is 5.16 Å². The highest BCUT2D eigenvalue weighted by Crippen LogP contribution is 2.21. The Morgan fingerprint density at radius 3 is 2.80 bits per heavy atom. The van der Waals surface area contributed by atoms with Crippen molar-refractivity contribution in [2.24, 2.45) is 5.73 Å². The summed E-state index contributed by atoms with van der Waals surface area (Å²) in [7, 11) is 0. The number of nitrogens with two attached hydrogens (primary N) is 1. The lowest BCUT2D eigenvalue weighted by Crippen LogP contribution is -2.02. The molecule has 0 aliphatic heterocycles. The van der Waals surface area contributed by atoms with Crippen molar-refractivity contribution in [3.05, 3.63) is 41.9 Å². The fraction of sp³-hybridized carbons (Fsp3) is 0.182. The van der Waals surface area contributed by atoms with Gasteiger partial charge in [0.25, 0.3) is 0 Å². The average Bonchev–Trinajstić information content (AvgIpc) is 2.66. The van der Waals surface area contributed by atoms with E-state index in [1.54, 1.807) is 25.1 Å². The molecule has 0 fully saturated rings. The highest BCUT2D eigenvalue weighted by Gasteiger charge is 2.09. The van der Waals surface area contributed by atoms with E-state index < -0.39 is 0 Å². The van der Waals surface area contributed by atoms with E-state index in [9.17, 15) is 4.39 Å². The van der Waals surface area contributed by atoms with E-state index in [4.69, 9.17) is 10.3 Å². The molecule has 0 amide bonds. The van der Waals surface area contributed by atoms with Crippen molar-refractivity contribution in [2.75, 3.05) is 0 Å². The first kappa shape index (κ1) is 9.86. The van der Waals surface area contributed by atoms with Gasteiger partial charge in [-0.05, 0) is 19.1 Å². The van der Waals surface area contributed by atoms with Gasteiger partial charge in [0.05, 0.1) is 6.04 Å². The molecule has 0 radical (unpaired) electrons. The standard InChI is InChI=1S/C11H11FN2O/c1-7(13)11-6-10(14-15-11)8-3-2-4-9(12)5-8/h2-7H,13H2,1H3. The van der Waals surface area contributed by atoms with Gasteiger partial charge in [0.2, 0.25) is 0 Å². The molecule has 0 aliphatic rings. The van der Waals surface area contributed by atoms with E-state index in [0.717, 1.165) is 0 Å². The molecule has 0 spiro atoms. The van der Waals surface area contributed by atoms with Crippen LogP contribution in [0.5, 0.6) is 0 Å². The van der Waals surface area contributed by atoms with Crippen molar-refractivity contribution in [3.8, 4) is 11.3 Å². The van der Waals surface area contributed by atoms with Crippen LogP contribution in [0, 0.1) is 5.82 Å². The third kappa shape index (κ3) is 2.05. The van der Waals surface area contributed by atoms with Gasteiger partial charge in [0.15, 0.2) is 5.76 Å². The Kier molecular flexibility index (Phi) is 2.51. The highest BCUT2D eigenvalue weighted by molar-refractivity contribution is 5.58. The average molecular weight is 206 g/mol. The van der Waals surface area contributed by atoms with Crippen molar-refractivity contribution in [1.29, 1.82) is 0 Å². The molecular weight excluding hydrogens is 195 g/mol. The Bertz CT molecular complexity index is 465. The zero-order chi connectivity index (χ0) is 10.8. The minimum atomic E-state index is -0.294. The lowest BCUT2D eigenvalue weighted by Gasteiger charge is -1.95. The molecule has 15 heavy (non-hydrogen) atoms. The molecule has 78 valence electrons. The van der Waals surface area contributed by atoms with Gasteiger partial charge in [-0.15, -0.1) is 0 Å². The topological polar surface area (TPSA) is 52.0 Å². The largest absolute Gasteiger partial charge is 0.359 e. The van der Waals surface area contributed by atoms with Crippen LogP contribution >= 0.6 is 0 Å². The summed E-state index contributed by atoms with van der Waals surface area (Å²) < 4.78 is 18.0. The van der Waals surface area contributed by atoms with E-state index in [1.807, 2.05) is 0 Å². The number of aromatic nitrogens is 1. The summed E-state index contributed by atoms with van der Waals surface area (Å²) >= 11 is 0. The van der Waals surface area contributed by atoms with Crippen LogP contribution in [0.3, 0.4) is 0 Å². The van der Waals surface area contributed by atoms with Gasteiger partial charge < -0.3 is 10.3 Å². The highest BCUT2D eigenvalue weighted by atomic mass is 19.1. The third-order valence-electron chi connectivity index (χ3n) is 2.10. The number of halogens is 1. The first-order valence-corrected chi connectivity index (χ1v) is 4.65. The maximum atomic E-state index is 12.9. The molecule has 4 heteroatoms. The van der Waals surface area contributed by atoms with Gasteiger partial charge in [-0.1, -0.05) is 17.3 Å². The molecule has 3 nitrogen and oxygen atoms in total. The van der Waals surface area contributed by atoms with Crippen molar-refractivity contribution >= 4 is 0 Å². The molecule has 1 atom stereocenters. The molecule has 0 saturated heterocycles. The minimum absolute atomic E-state index is 0.209. The summed E-state index contributed by atoms with van der Waals surface area (Å²) in [6, 6.07) is 7.70. The molecule has 1 aromatic heterocycles.